The number of carboxylic acid groups (broad SMARTS) is 2. The van der Waals surface area contributed by atoms with Crippen molar-refractivity contribution in [1.29, 1.82) is 0 Å². The molecule has 1 aromatic heterocycles. The van der Waals surface area contributed by atoms with Crippen LogP contribution in [-0.2, 0) is 9.59 Å². The zero-order valence-corrected chi connectivity index (χ0v) is 12.3. The summed E-state index contributed by atoms with van der Waals surface area (Å²) < 4.78 is 88.9. The summed E-state index contributed by atoms with van der Waals surface area (Å²) in [6.07, 6.45) is -9.11. The number of hydrogen-bond acceptors (Lipinski definition) is 4. The van der Waals surface area contributed by atoms with Crippen LogP contribution in [0.15, 0.2) is 12.3 Å². The molecule has 2 heterocycles. The molecule has 0 aromatic carbocycles. The summed E-state index contributed by atoms with van der Waals surface area (Å²) in [4.78, 5) is 21.5. The molecule has 1 aromatic rings. The summed E-state index contributed by atoms with van der Waals surface area (Å²) in [5, 5.41) is 17.3. The summed E-state index contributed by atoms with van der Waals surface area (Å²) in [6, 6.07) is 0.876. The molecule has 0 unspecified atom stereocenters. The van der Waals surface area contributed by atoms with Gasteiger partial charge in [0.1, 0.15) is 11.6 Å². The molecule has 1 saturated heterocycles. The molecule has 0 atom stereocenters. The van der Waals surface area contributed by atoms with Crippen molar-refractivity contribution in [2.24, 2.45) is 0 Å². The van der Waals surface area contributed by atoms with E-state index in [0.29, 0.717) is 5.69 Å². The number of carboxylic acids is 2. The molecule has 0 bridgehead atoms. The summed E-state index contributed by atoms with van der Waals surface area (Å²) in [5.74, 6) is -6.56. The summed E-state index contributed by atoms with van der Waals surface area (Å²) in [6.45, 7) is 1.46. The highest BCUT2D eigenvalue weighted by molar-refractivity contribution is 5.73. The third-order valence-corrected chi connectivity index (χ3v) is 2.49. The van der Waals surface area contributed by atoms with Crippen molar-refractivity contribution < 1.29 is 54.9 Å². The lowest BCUT2D eigenvalue weighted by atomic mass is 9.98. The van der Waals surface area contributed by atoms with E-state index in [1.807, 2.05) is 0 Å². The van der Waals surface area contributed by atoms with Gasteiger partial charge < -0.3 is 15.5 Å². The van der Waals surface area contributed by atoms with Crippen molar-refractivity contribution in [2.45, 2.75) is 18.3 Å². The van der Waals surface area contributed by atoms with E-state index < -0.39 is 35.9 Å². The summed E-state index contributed by atoms with van der Waals surface area (Å²) in [5.41, 5.74) is 0.371. The maximum atomic E-state index is 13.0. The zero-order valence-electron chi connectivity index (χ0n) is 12.3. The average molecular weight is 398 g/mol. The second kappa shape index (κ2) is 9.26. The van der Waals surface area contributed by atoms with Gasteiger partial charge in [-0.1, -0.05) is 0 Å². The smallest absolute Gasteiger partial charge is 0.475 e. The average Bonchev–Trinajstić information content (AvgIpc) is 2.39. The monoisotopic (exact) mass is 398 g/mol. The third kappa shape index (κ3) is 8.55. The fraction of sp³-hybridized carbons (Fsp3) is 0.417. The normalized spacial score (nSPS) is 14.2. The Balaban J connectivity index is 0.000000390. The van der Waals surface area contributed by atoms with Gasteiger partial charge in [-0.15, -0.1) is 0 Å². The van der Waals surface area contributed by atoms with Gasteiger partial charge in [0.25, 0.3) is 0 Å². The van der Waals surface area contributed by atoms with Gasteiger partial charge in [0.2, 0.25) is 0 Å². The van der Waals surface area contributed by atoms with Gasteiger partial charge in [-0.05, 0) is 0 Å². The van der Waals surface area contributed by atoms with Crippen molar-refractivity contribution in [2.75, 3.05) is 13.1 Å². The molecule has 148 valence electrons. The van der Waals surface area contributed by atoms with Gasteiger partial charge in [-0.2, -0.15) is 26.3 Å². The Kier molecular flexibility index (Phi) is 8.37. The van der Waals surface area contributed by atoms with E-state index in [4.69, 9.17) is 19.8 Å². The minimum absolute atomic E-state index is 0.116. The van der Waals surface area contributed by atoms with E-state index in [0.717, 1.165) is 25.4 Å². The Hall–Kier alpha value is -2.51. The summed E-state index contributed by atoms with van der Waals surface area (Å²) >= 11 is 0. The number of alkyl halides is 6. The molecule has 6 nitrogen and oxygen atoms in total. The molecule has 26 heavy (non-hydrogen) atoms. The fourth-order valence-electron chi connectivity index (χ4n) is 1.21. The van der Waals surface area contributed by atoms with Crippen molar-refractivity contribution >= 4 is 11.9 Å². The Morgan fingerprint density at radius 3 is 1.62 bits per heavy atom. The van der Waals surface area contributed by atoms with E-state index >= 15 is 0 Å². The number of nitrogens with one attached hydrogen (secondary N) is 1. The highest BCUT2D eigenvalue weighted by Gasteiger charge is 2.38. The Morgan fingerprint density at radius 2 is 1.38 bits per heavy atom. The first-order valence-corrected chi connectivity index (χ1v) is 6.28. The van der Waals surface area contributed by atoms with E-state index in [1.165, 1.54) is 0 Å². The Morgan fingerprint density at radius 1 is 1.00 bits per heavy atom. The maximum absolute atomic E-state index is 13.0. The molecule has 0 aliphatic carbocycles. The van der Waals surface area contributed by atoms with Crippen molar-refractivity contribution in [3.63, 3.8) is 0 Å². The molecule has 1 fully saturated rings. The van der Waals surface area contributed by atoms with Crippen LogP contribution in [0.3, 0.4) is 0 Å². The molecule has 0 amide bonds. The molecular weight excluding hydrogens is 388 g/mol. The van der Waals surface area contributed by atoms with Crippen LogP contribution < -0.4 is 5.32 Å². The SMILES string of the molecule is Fc1cnc(C2CNC2)c(F)c1.O=C(O)C(F)(F)F.O=C(O)C(F)(F)F. The number of rotatable bonds is 1. The van der Waals surface area contributed by atoms with Crippen LogP contribution in [0.5, 0.6) is 0 Å². The van der Waals surface area contributed by atoms with Crippen LogP contribution in [0.25, 0.3) is 0 Å². The van der Waals surface area contributed by atoms with Gasteiger partial charge in [0.15, 0.2) is 0 Å². The van der Waals surface area contributed by atoms with Crippen molar-refractivity contribution in [1.82, 2.24) is 10.3 Å². The standard InChI is InChI=1S/C8H8F2N2.2C2HF3O2/c9-6-1-7(10)8(12-4-6)5-2-11-3-5;2*3-2(4,5)1(6)7/h1,4-5,11H,2-3H2;2*(H,6,7). The molecule has 3 N–H and O–H groups in total. The lowest BCUT2D eigenvalue weighted by Crippen LogP contribution is -2.40. The van der Waals surface area contributed by atoms with Crippen LogP contribution in [0, 0.1) is 11.6 Å². The van der Waals surface area contributed by atoms with Crippen LogP contribution in [0.4, 0.5) is 35.1 Å². The first kappa shape index (κ1) is 23.5. The predicted octanol–water partition coefficient (Wildman–Crippen LogP) is 2.31. The highest BCUT2D eigenvalue weighted by atomic mass is 19.4. The van der Waals surface area contributed by atoms with Gasteiger partial charge in [0, 0.05) is 25.1 Å². The number of hydrogen-bond donors (Lipinski definition) is 3. The lowest BCUT2D eigenvalue weighted by Gasteiger charge is -2.26. The molecule has 1 aliphatic heterocycles. The number of nitrogens with zero attached hydrogens (tertiary/aromatic N) is 1. The number of aromatic nitrogens is 1. The minimum atomic E-state index is -5.08. The molecular formula is C12H10F8N2O4. The molecule has 2 rings (SSSR count). The molecule has 0 saturated carbocycles. The van der Waals surface area contributed by atoms with E-state index in [9.17, 15) is 35.1 Å². The van der Waals surface area contributed by atoms with Crippen molar-refractivity contribution in [3.8, 4) is 0 Å². The quantitative estimate of drug-likeness (QED) is 0.628. The zero-order chi connectivity index (χ0) is 20.7. The maximum Gasteiger partial charge on any atom is 0.490 e. The van der Waals surface area contributed by atoms with Crippen LogP contribution in [0.1, 0.15) is 11.6 Å². The number of carbonyl (C=O) groups is 2. The van der Waals surface area contributed by atoms with Crippen LogP contribution in [0.2, 0.25) is 0 Å². The van der Waals surface area contributed by atoms with Crippen LogP contribution in [-0.4, -0.2) is 52.6 Å². The number of pyridine rings is 1. The van der Waals surface area contributed by atoms with Gasteiger partial charge >= 0.3 is 24.3 Å². The molecule has 0 spiro atoms. The Bertz CT molecular complexity index is 605. The largest absolute Gasteiger partial charge is 0.490 e. The van der Waals surface area contributed by atoms with Crippen LogP contribution >= 0.6 is 0 Å². The number of halogens is 8. The first-order chi connectivity index (χ1) is 11.7. The topological polar surface area (TPSA) is 99.5 Å². The third-order valence-electron chi connectivity index (χ3n) is 2.49. The van der Waals surface area contributed by atoms with Crippen molar-refractivity contribution in [3.05, 3.63) is 29.6 Å². The molecule has 14 heteroatoms. The molecule has 0 radical (unpaired) electrons. The minimum Gasteiger partial charge on any atom is -0.475 e. The Labute approximate surface area is 139 Å². The second-order valence-corrected chi connectivity index (χ2v) is 4.48. The number of aliphatic carboxylic acids is 2. The van der Waals surface area contributed by atoms with E-state index in [-0.39, 0.29) is 5.92 Å². The van der Waals surface area contributed by atoms with Gasteiger partial charge in [0.05, 0.1) is 11.9 Å². The fourth-order valence-corrected chi connectivity index (χ4v) is 1.21. The van der Waals surface area contributed by atoms with Gasteiger partial charge in [-0.25, -0.2) is 18.4 Å². The summed E-state index contributed by atoms with van der Waals surface area (Å²) in [7, 11) is 0. The lowest BCUT2D eigenvalue weighted by molar-refractivity contribution is -0.193. The van der Waals surface area contributed by atoms with E-state index in [1.54, 1.807) is 0 Å². The predicted molar refractivity (Wildman–Crippen MR) is 67.1 cm³/mol. The highest BCUT2D eigenvalue weighted by Crippen LogP contribution is 2.20. The molecule has 1 aliphatic rings. The van der Waals surface area contributed by atoms with Gasteiger partial charge in [-0.3, -0.25) is 4.98 Å². The van der Waals surface area contributed by atoms with E-state index in [2.05, 4.69) is 10.3 Å². The first-order valence-electron chi connectivity index (χ1n) is 6.28. The second-order valence-electron chi connectivity index (χ2n) is 4.48.